The predicted molar refractivity (Wildman–Crippen MR) is 65.4 cm³/mol. The summed E-state index contributed by atoms with van der Waals surface area (Å²) in [5.74, 6) is 0.644. The second-order valence-corrected chi connectivity index (χ2v) is 3.71. The van der Waals surface area contributed by atoms with Crippen molar-refractivity contribution in [2.45, 2.75) is 53.4 Å². The van der Waals surface area contributed by atoms with Gasteiger partial charge in [0, 0.05) is 0 Å². The van der Waals surface area contributed by atoms with Crippen LogP contribution in [0.3, 0.4) is 0 Å². The first-order valence-corrected chi connectivity index (χ1v) is 5.87. The number of hydrogen-bond acceptors (Lipinski definition) is 0. The maximum atomic E-state index is 3.39. The molecule has 0 N–H and O–H groups in total. The summed E-state index contributed by atoms with van der Waals surface area (Å²) in [6.45, 7) is 8.84. The Morgan fingerprint density at radius 3 is 2.43 bits per heavy atom. The molecular weight excluding hydrogens is 168 g/mol. The Balaban J connectivity index is 4.54. The van der Waals surface area contributed by atoms with Crippen molar-refractivity contribution in [2.75, 3.05) is 0 Å². The highest BCUT2D eigenvalue weighted by Crippen LogP contribution is 2.16. The van der Waals surface area contributed by atoms with Gasteiger partial charge in [0.2, 0.25) is 0 Å². The Hall–Kier alpha value is -0.740. The first kappa shape index (κ1) is 13.3. The fourth-order valence-corrected chi connectivity index (χ4v) is 1.41. The van der Waals surface area contributed by atoms with Crippen LogP contribution in [0.5, 0.6) is 0 Å². The highest BCUT2D eigenvalue weighted by molar-refractivity contribution is 5.20. The Kier molecular flexibility index (Phi) is 8.37. The lowest BCUT2D eigenvalue weighted by Gasteiger charge is -2.08. The molecule has 0 bridgehead atoms. The van der Waals surface area contributed by atoms with Gasteiger partial charge in [-0.05, 0) is 36.8 Å². The highest BCUT2D eigenvalue weighted by atomic mass is 14.1. The molecule has 0 aromatic carbocycles. The number of allylic oxidation sites excluding steroid dienone is 3. The van der Waals surface area contributed by atoms with Crippen molar-refractivity contribution in [2.24, 2.45) is 5.92 Å². The minimum Gasteiger partial charge on any atom is -0.121 e. The highest BCUT2D eigenvalue weighted by Gasteiger charge is 2.03. The summed E-state index contributed by atoms with van der Waals surface area (Å²) in [6, 6.07) is 0. The van der Waals surface area contributed by atoms with Gasteiger partial charge in [0.05, 0.1) is 0 Å². The maximum absolute atomic E-state index is 3.39. The normalized spacial score (nSPS) is 12.6. The van der Waals surface area contributed by atoms with Crippen LogP contribution in [0.4, 0.5) is 0 Å². The van der Waals surface area contributed by atoms with Gasteiger partial charge in [0.15, 0.2) is 0 Å². The van der Waals surface area contributed by atoms with Crippen LogP contribution in [-0.4, -0.2) is 0 Å². The molecule has 0 amide bonds. The van der Waals surface area contributed by atoms with Gasteiger partial charge in [-0.15, -0.1) is 5.73 Å². The molecule has 0 heterocycles. The van der Waals surface area contributed by atoms with E-state index < -0.39 is 0 Å². The average Bonchev–Trinajstić information content (AvgIpc) is 2.18. The molecule has 0 nitrogen and oxygen atoms in total. The van der Waals surface area contributed by atoms with E-state index in [2.05, 4.69) is 51.7 Å². The van der Waals surface area contributed by atoms with Crippen LogP contribution in [0.15, 0.2) is 29.5 Å². The van der Waals surface area contributed by atoms with Gasteiger partial charge in [0.1, 0.15) is 0 Å². The van der Waals surface area contributed by atoms with E-state index in [0.717, 1.165) is 12.8 Å². The van der Waals surface area contributed by atoms with Crippen LogP contribution in [0.2, 0.25) is 0 Å². The van der Waals surface area contributed by atoms with E-state index in [-0.39, 0.29) is 0 Å². The van der Waals surface area contributed by atoms with Crippen LogP contribution >= 0.6 is 0 Å². The molecule has 0 spiro atoms. The lowest BCUT2D eigenvalue weighted by atomic mass is 9.96. The summed E-state index contributed by atoms with van der Waals surface area (Å²) < 4.78 is 0. The van der Waals surface area contributed by atoms with Crippen molar-refractivity contribution in [3.05, 3.63) is 29.5 Å². The average molecular weight is 192 g/mol. The molecular formula is C14H24. The molecule has 80 valence electrons. The Morgan fingerprint density at radius 2 is 1.93 bits per heavy atom. The quantitative estimate of drug-likeness (QED) is 0.415. The third kappa shape index (κ3) is 5.83. The van der Waals surface area contributed by atoms with Crippen LogP contribution in [0, 0.1) is 5.92 Å². The number of hydrogen-bond donors (Lipinski definition) is 0. The molecule has 0 aliphatic carbocycles. The molecule has 0 rings (SSSR count). The van der Waals surface area contributed by atoms with Crippen molar-refractivity contribution < 1.29 is 0 Å². The summed E-state index contributed by atoms with van der Waals surface area (Å²) >= 11 is 0. The second kappa shape index (κ2) is 8.84. The fraction of sp³-hybridized carbons (Fsp3) is 0.643. The zero-order chi connectivity index (χ0) is 10.8. The molecule has 1 unspecified atom stereocenters. The molecule has 0 aromatic rings. The maximum Gasteiger partial charge on any atom is -0.00387 e. The molecule has 1 atom stereocenters. The van der Waals surface area contributed by atoms with Gasteiger partial charge in [-0.1, -0.05) is 46.3 Å². The van der Waals surface area contributed by atoms with E-state index in [9.17, 15) is 0 Å². The molecule has 0 fully saturated rings. The molecule has 0 aliphatic heterocycles. The Bertz CT molecular complexity index is 214. The van der Waals surface area contributed by atoms with Gasteiger partial charge < -0.3 is 0 Å². The zero-order valence-electron chi connectivity index (χ0n) is 10.1. The smallest absolute Gasteiger partial charge is 0.00387 e. The van der Waals surface area contributed by atoms with Gasteiger partial charge >= 0.3 is 0 Å². The lowest BCUT2D eigenvalue weighted by molar-refractivity contribution is 0.613. The largest absolute Gasteiger partial charge is 0.121 e. The summed E-state index contributed by atoms with van der Waals surface area (Å²) in [4.78, 5) is 0. The third-order valence-corrected chi connectivity index (χ3v) is 2.26. The molecule has 0 heteroatoms. The van der Waals surface area contributed by atoms with E-state index in [1.165, 1.54) is 18.4 Å². The fourth-order valence-electron chi connectivity index (χ4n) is 1.41. The molecule has 0 aromatic heterocycles. The van der Waals surface area contributed by atoms with E-state index in [1.807, 2.05) is 0 Å². The van der Waals surface area contributed by atoms with Crippen molar-refractivity contribution in [1.82, 2.24) is 0 Å². The van der Waals surface area contributed by atoms with Gasteiger partial charge in [0.25, 0.3) is 0 Å². The summed E-state index contributed by atoms with van der Waals surface area (Å²) in [5.41, 5.74) is 4.75. The van der Waals surface area contributed by atoms with Gasteiger partial charge in [-0.25, -0.2) is 0 Å². The predicted octanol–water partition coefficient (Wildman–Crippen LogP) is 4.88. The summed E-state index contributed by atoms with van der Waals surface area (Å²) in [5, 5.41) is 0. The molecule has 0 saturated heterocycles. The van der Waals surface area contributed by atoms with Crippen LogP contribution < -0.4 is 0 Å². The summed E-state index contributed by atoms with van der Waals surface area (Å²) in [6.07, 6.45) is 11.3. The molecule has 14 heavy (non-hydrogen) atoms. The third-order valence-electron chi connectivity index (χ3n) is 2.26. The minimum atomic E-state index is 0.644. The summed E-state index contributed by atoms with van der Waals surface area (Å²) in [7, 11) is 0. The van der Waals surface area contributed by atoms with E-state index in [1.54, 1.807) is 0 Å². The number of rotatable bonds is 6. The monoisotopic (exact) mass is 192 g/mol. The van der Waals surface area contributed by atoms with E-state index in [0.29, 0.717) is 5.92 Å². The van der Waals surface area contributed by atoms with Crippen molar-refractivity contribution in [3.63, 3.8) is 0 Å². The Labute approximate surface area is 89.4 Å². The lowest BCUT2D eigenvalue weighted by Crippen LogP contribution is -1.95. The topological polar surface area (TPSA) is 0 Å². The van der Waals surface area contributed by atoms with Crippen LogP contribution in [0.25, 0.3) is 0 Å². The Morgan fingerprint density at radius 1 is 1.21 bits per heavy atom. The van der Waals surface area contributed by atoms with Crippen LogP contribution in [-0.2, 0) is 0 Å². The van der Waals surface area contributed by atoms with Crippen molar-refractivity contribution in [3.8, 4) is 0 Å². The van der Waals surface area contributed by atoms with Gasteiger partial charge in [-0.3, -0.25) is 0 Å². The SMILES string of the molecule is CCC=C=C(C=CCC)C(C)CCC. The first-order valence-electron chi connectivity index (χ1n) is 5.87. The zero-order valence-corrected chi connectivity index (χ0v) is 10.1. The van der Waals surface area contributed by atoms with Crippen LogP contribution in [0.1, 0.15) is 53.4 Å². The second-order valence-electron chi connectivity index (χ2n) is 3.71. The van der Waals surface area contributed by atoms with E-state index >= 15 is 0 Å². The standard InChI is InChI=1S/C14H24/c1-5-8-11-14(12-9-6-2)13(4)10-7-3/h8-9,11,13H,5-7,10H2,1-4H3. The molecule has 0 radical (unpaired) electrons. The molecule has 0 aliphatic rings. The minimum absolute atomic E-state index is 0.644. The van der Waals surface area contributed by atoms with Gasteiger partial charge in [-0.2, -0.15) is 0 Å². The van der Waals surface area contributed by atoms with E-state index in [4.69, 9.17) is 0 Å². The molecule has 0 saturated carbocycles. The van der Waals surface area contributed by atoms with Crippen molar-refractivity contribution in [1.29, 1.82) is 0 Å². The first-order chi connectivity index (χ1) is 6.76. The van der Waals surface area contributed by atoms with Crippen molar-refractivity contribution >= 4 is 0 Å².